The predicted molar refractivity (Wildman–Crippen MR) is 67.4 cm³/mol. The molecule has 6 heteroatoms. The number of H-pyrrole nitrogens is 2. The lowest BCUT2D eigenvalue weighted by Crippen LogP contribution is -3.00. The van der Waals surface area contributed by atoms with Gasteiger partial charge in [-0.25, -0.2) is 4.99 Å². The molecule has 0 spiro atoms. The van der Waals surface area contributed by atoms with Gasteiger partial charge in [-0.15, -0.1) is 0 Å². The zero-order valence-electron chi connectivity index (χ0n) is 10.4. The Labute approximate surface area is 112 Å². The number of methoxy groups -OCH3 is 1. The molecular weight excluding hydrogens is 254 g/mol. The minimum atomic E-state index is 0. The van der Waals surface area contributed by atoms with Crippen LogP contribution in [0, 0.1) is 0 Å². The zero-order valence-corrected chi connectivity index (χ0v) is 11.1. The summed E-state index contributed by atoms with van der Waals surface area (Å²) in [7, 11) is 1.67. The molecule has 0 aromatic carbocycles. The Bertz CT molecular complexity index is 477. The van der Waals surface area contributed by atoms with Crippen LogP contribution < -0.4 is 22.1 Å². The summed E-state index contributed by atoms with van der Waals surface area (Å²) in [5.74, 6) is 0.838. The van der Waals surface area contributed by atoms with Crippen LogP contribution in [-0.2, 0) is 0 Å². The van der Waals surface area contributed by atoms with Crippen molar-refractivity contribution in [1.29, 1.82) is 0 Å². The van der Waals surface area contributed by atoms with E-state index in [1.54, 1.807) is 7.11 Å². The van der Waals surface area contributed by atoms with Crippen LogP contribution in [0.4, 0.5) is 0 Å². The van der Waals surface area contributed by atoms with E-state index in [1.807, 2.05) is 30.6 Å². The Kier molecular flexibility index (Phi) is 6.85. The summed E-state index contributed by atoms with van der Waals surface area (Å²) in [6, 6.07) is 5.97. The van der Waals surface area contributed by atoms with E-state index in [1.165, 1.54) is 0 Å². The van der Waals surface area contributed by atoms with Crippen LogP contribution in [0.2, 0.25) is 0 Å². The topological polar surface area (TPSA) is 86.3 Å². The highest BCUT2D eigenvalue weighted by Gasteiger charge is 2.10. The van der Waals surface area contributed by atoms with Crippen molar-refractivity contribution in [2.24, 2.45) is 0 Å². The number of halogens is 1. The number of hydrogen-bond donors (Lipinski definition) is 3. The molecule has 2 aromatic heterocycles. The van der Waals surface area contributed by atoms with E-state index < -0.39 is 0 Å². The monoisotopic (exact) mass is 271 g/mol. The smallest absolute Gasteiger partial charge is 0.189 e. The molecule has 18 heavy (non-hydrogen) atoms. The van der Waals surface area contributed by atoms with Crippen molar-refractivity contribution >= 4 is 6.21 Å². The molecule has 0 radical (unpaired) electrons. The minimum Gasteiger partial charge on any atom is -1.00 e. The third-order valence-corrected chi connectivity index (χ3v) is 2.37. The van der Waals surface area contributed by atoms with Gasteiger partial charge in [0.15, 0.2) is 12.0 Å². The second-order valence-corrected chi connectivity index (χ2v) is 3.45. The average Bonchev–Trinajstić information content (AvgIpc) is 2.94. The SMILES string of the molecule is CC[NH+]=Cc1[nH]c(-c2ccc[nH]2)cc1OC.O.[Cl-]. The van der Waals surface area contributed by atoms with Gasteiger partial charge in [0.05, 0.1) is 18.5 Å². The van der Waals surface area contributed by atoms with Crippen molar-refractivity contribution < 1.29 is 27.6 Å². The molecule has 0 fully saturated rings. The molecule has 0 atom stereocenters. The molecule has 5 nitrogen and oxygen atoms in total. The largest absolute Gasteiger partial charge is 1.00 e. The van der Waals surface area contributed by atoms with Gasteiger partial charge < -0.3 is 32.6 Å². The summed E-state index contributed by atoms with van der Waals surface area (Å²) in [4.78, 5) is 9.60. The predicted octanol–water partition coefficient (Wildman–Crippen LogP) is -3.28. The first kappa shape index (κ1) is 16.3. The highest BCUT2D eigenvalue weighted by Crippen LogP contribution is 2.24. The Morgan fingerprint density at radius 2 is 2.17 bits per heavy atom. The summed E-state index contributed by atoms with van der Waals surface area (Å²) in [6.45, 7) is 2.94. The van der Waals surface area contributed by atoms with E-state index in [4.69, 9.17) is 4.74 Å². The highest BCUT2D eigenvalue weighted by atomic mass is 35.5. The van der Waals surface area contributed by atoms with E-state index >= 15 is 0 Å². The summed E-state index contributed by atoms with van der Waals surface area (Å²) >= 11 is 0. The summed E-state index contributed by atoms with van der Waals surface area (Å²) in [6.07, 6.45) is 3.82. The Balaban J connectivity index is 0.00000144. The highest BCUT2D eigenvalue weighted by molar-refractivity contribution is 5.80. The molecule has 0 amide bonds. The average molecular weight is 272 g/mol. The molecule has 0 aliphatic rings. The minimum absolute atomic E-state index is 0. The number of rotatable bonds is 4. The lowest BCUT2D eigenvalue weighted by Gasteiger charge is -1.92. The van der Waals surface area contributed by atoms with Gasteiger partial charge in [-0.3, -0.25) is 0 Å². The third-order valence-electron chi connectivity index (χ3n) is 2.37. The Morgan fingerprint density at radius 1 is 1.39 bits per heavy atom. The van der Waals surface area contributed by atoms with Crippen molar-refractivity contribution in [3.05, 3.63) is 30.1 Å². The van der Waals surface area contributed by atoms with E-state index in [0.717, 1.165) is 29.4 Å². The second kappa shape index (κ2) is 7.58. The molecule has 0 saturated heterocycles. The van der Waals surface area contributed by atoms with Crippen LogP contribution in [0.3, 0.4) is 0 Å². The van der Waals surface area contributed by atoms with Crippen LogP contribution in [0.5, 0.6) is 5.75 Å². The van der Waals surface area contributed by atoms with Crippen molar-refractivity contribution in [2.45, 2.75) is 6.92 Å². The van der Waals surface area contributed by atoms with Crippen molar-refractivity contribution in [3.63, 3.8) is 0 Å². The lowest BCUT2D eigenvalue weighted by molar-refractivity contribution is -0.446. The summed E-state index contributed by atoms with van der Waals surface area (Å²) < 4.78 is 5.30. The maximum absolute atomic E-state index is 5.30. The molecule has 0 aliphatic heterocycles. The standard InChI is InChI=1S/C12H15N3O.ClH.H2O/c1-3-13-8-11-12(16-2)7-10(15-11)9-5-4-6-14-9;;/h4-8,14-15H,3H2,1-2H3;1H;1H2. The van der Waals surface area contributed by atoms with Gasteiger partial charge in [-0.2, -0.15) is 0 Å². The molecule has 2 rings (SSSR count). The lowest BCUT2D eigenvalue weighted by atomic mass is 10.3. The number of aromatic amines is 2. The first-order chi connectivity index (χ1) is 7.85. The maximum Gasteiger partial charge on any atom is 0.189 e. The van der Waals surface area contributed by atoms with Crippen molar-refractivity contribution in [1.82, 2.24) is 9.97 Å². The van der Waals surface area contributed by atoms with Crippen LogP contribution in [0.25, 0.3) is 11.4 Å². The first-order valence-electron chi connectivity index (χ1n) is 5.32. The molecule has 2 heterocycles. The van der Waals surface area contributed by atoms with Crippen molar-refractivity contribution in [2.75, 3.05) is 13.7 Å². The number of ether oxygens (including phenoxy) is 1. The fourth-order valence-corrected chi connectivity index (χ4v) is 1.57. The van der Waals surface area contributed by atoms with Gasteiger partial charge in [0.2, 0.25) is 0 Å². The number of aromatic nitrogens is 2. The number of nitrogens with one attached hydrogen (secondary N) is 3. The number of hydrogen-bond acceptors (Lipinski definition) is 1. The fraction of sp³-hybridized carbons (Fsp3) is 0.250. The van der Waals surface area contributed by atoms with E-state index in [9.17, 15) is 0 Å². The van der Waals surface area contributed by atoms with Crippen LogP contribution >= 0.6 is 0 Å². The molecule has 100 valence electrons. The van der Waals surface area contributed by atoms with Gasteiger partial charge in [0, 0.05) is 12.3 Å². The van der Waals surface area contributed by atoms with Gasteiger partial charge >= 0.3 is 0 Å². The molecular formula is C12H18ClN3O2. The van der Waals surface area contributed by atoms with Crippen LogP contribution in [-0.4, -0.2) is 35.3 Å². The van der Waals surface area contributed by atoms with Gasteiger partial charge in [-0.05, 0) is 19.1 Å². The summed E-state index contributed by atoms with van der Waals surface area (Å²) in [5.41, 5.74) is 3.02. The van der Waals surface area contributed by atoms with E-state index in [2.05, 4.69) is 21.9 Å². The van der Waals surface area contributed by atoms with Gasteiger partial charge in [0.25, 0.3) is 0 Å². The van der Waals surface area contributed by atoms with Crippen LogP contribution in [0.15, 0.2) is 24.4 Å². The van der Waals surface area contributed by atoms with Crippen LogP contribution in [0.1, 0.15) is 12.6 Å². The van der Waals surface area contributed by atoms with Gasteiger partial charge in [0.1, 0.15) is 12.2 Å². The van der Waals surface area contributed by atoms with E-state index in [0.29, 0.717) is 0 Å². The molecule has 5 N–H and O–H groups in total. The maximum atomic E-state index is 5.30. The molecule has 0 unspecified atom stereocenters. The fourth-order valence-electron chi connectivity index (χ4n) is 1.57. The molecule has 0 bridgehead atoms. The second-order valence-electron chi connectivity index (χ2n) is 3.45. The summed E-state index contributed by atoms with van der Waals surface area (Å²) in [5, 5.41) is 0. The molecule has 2 aromatic rings. The zero-order chi connectivity index (χ0) is 11.4. The molecule has 0 saturated carbocycles. The van der Waals surface area contributed by atoms with Crippen molar-refractivity contribution in [3.8, 4) is 17.1 Å². The van der Waals surface area contributed by atoms with Gasteiger partial charge in [-0.1, -0.05) is 0 Å². The quantitative estimate of drug-likeness (QED) is 0.501. The normalized spacial score (nSPS) is 9.89. The first-order valence-corrected chi connectivity index (χ1v) is 5.32. The Hall–Kier alpha value is -1.72. The van der Waals surface area contributed by atoms with E-state index in [-0.39, 0.29) is 17.9 Å². The Morgan fingerprint density at radius 3 is 2.72 bits per heavy atom. The molecule has 0 aliphatic carbocycles. The third kappa shape index (κ3) is 3.38.